The van der Waals surface area contributed by atoms with Crippen LogP contribution >= 0.6 is 0 Å². The molecule has 2 aliphatic heterocycles. The van der Waals surface area contributed by atoms with Crippen molar-refractivity contribution in [1.82, 2.24) is 14.9 Å². The Hall–Kier alpha value is -3.10. The molecule has 0 unspecified atom stereocenters. The molecule has 2 amide bonds. The minimum Gasteiger partial charge on any atom is -0.442 e. The lowest BCUT2D eigenvalue weighted by atomic mass is 10.0. The maximum absolute atomic E-state index is 14.8. The molecular formula is C20H24FN5O3. The molecule has 8 nitrogen and oxygen atoms in total. The molecule has 0 saturated carbocycles. The smallest absolute Gasteiger partial charge is 0.414 e. The number of anilines is 2. The first-order valence-corrected chi connectivity index (χ1v) is 9.76. The van der Waals surface area contributed by atoms with E-state index in [9.17, 15) is 14.0 Å². The fraction of sp³-hybridized carbons (Fsp3) is 0.450. The minimum atomic E-state index is -0.534. The normalized spacial score (nSPS) is 20.1. The Morgan fingerprint density at radius 1 is 1.34 bits per heavy atom. The molecule has 3 heterocycles. The van der Waals surface area contributed by atoms with Crippen LogP contribution in [0.1, 0.15) is 25.8 Å². The molecule has 2 fully saturated rings. The zero-order valence-corrected chi connectivity index (χ0v) is 16.3. The van der Waals surface area contributed by atoms with Gasteiger partial charge in [-0.25, -0.2) is 14.2 Å². The summed E-state index contributed by atoms with van der Waals surface area (Å²) in [5, 5.41) is 2.63. The number of halogens is 1. The fourth-order valence-electron chi connectivity index (χ4n) is 3.91. The third kappa shape index (κ3) is 4.18. The van der Waals surface area contributed by atoms with Gasteiger partial charge in [0.15, 0.2) is 0 Å². The fourth-order valence-corrected chi connectivity index (χ4v) is 3.91. The number of carbonyl (C=O) groups is 2. The number of piperidine rings is 1. The quantitative estimate of drug-likeness (QED) is 0.832. The number of hydrogen-bond acceptors (Lipinski definition) is 5. The average molecular weight is 401 g/mol. The number of cyclic esters (lactones) is 1. The van der Waals surface area contributed by atoms with Crippen molar-refractivity contribution in [3.05, 3.63) is 42.7 Å². The van der Waals surface area contributed by atoms with E-state index >= 15 is 0 Å². The van der Waals surface area contributed by atoms with Gasteiger partial charge in [-0.05, 0) is 31.0 Å². The van der Waals surface area contributed by atoms with Crippen LogP contribution in [0.2, 0.25) is 0 Å². The second-order valence-corrected chi connectivity index (χ2v) is 7.42. The predicted molar refractivity (Wildman–Crippen MR) is 105 cm³/mol. The van der Waals surface area contributed by atoms with Crippen molar-refractivity contribution < 1.29 is 18.7 Å². The van der Waals surface area contributed by atoms with E-state index in [2.05, 4.69) is 14.9 Å². The highest BCUT2D eigenvalue weighted by Gasteiger charge is 2.33. The van der Waals surface area contributed by atoms with Crippen molar-refractivity contribution in [2.24, 2.45) is 0 Å². The first-order valence-electron chi connectivity index (χ1n) is 9.76. The van der Waals surface area contributed by atoms with Crippen molar-refractivity contribution in [3.8, 4) is 0 Å². The van der Waals surface area contributed by atoms with E-state index in [0.29, 0.717) is 17.4 Å². The summed E-state index contributed by atoms with van der Waals surface area (Å²) in [6, 6.07) is 5.22. The average Bonchev–Trinajstić information content (AvgIpc) is 3.36. The Bertz CT molecular complexity index is 880. The summed E-state index contributed by atoms with van der Waals surface area (Å²) < 4.78 is 22.2. The lowest BCUT2D eigenvalue weighted by Gasteiger charge is -2.34. The summed E-state index contributed by atoms with van der Waals surface area (Å²) in [5.41, 5.74) is 0.995. The summed E-state index contributed by atoms with van der Waals surface area (Å²) >= 11 is 0. The Kier molecular flexibility index (Phi) is 5.37. The van der Waals surface area contributed by atoms with Gasteiger partial charge < -0.3 is 19.5 Å². The number of ether oxygens (including phenoxy) is 1. The zero-order chi connectivity index (χ0) is 20.4. The van der Waals surface area contributed by atoms with Crippen molar-refractivity contribution >= 4 is 23.4 Å². The van der Waals surface area contributed by atoms with Gasteiger partial charge >= 0.3 is 6.09 Å². The van der Waals surface area contributed by atoms with Crippen molar-refractivity contribution in [2.75, 3.05) is 36.0 Å². The minimum absolute atomic E-state index is 0.188. The molecule has 2 aromatic rings. The molecule has 2 saturated heterocycles. The Labute approximate surface area is 168 Å². The van der Waals surface area contributed by atoms with Gasteiger partial charge in [0.1, 0.15) is 11.9 Å². The van der Waals surface area contributed by atoms with E-state index in [1.54, 1.807) is 18.3 Å². The number of rotatable bonds is 5. The van der Waals surface area contributed by atoms with Gasteiger partial charge in [0.2, 0.25) is 5.91 Å². The molecule has 1 aromatic carbocycles. The molecule has 1 aromatic heterocycles. The second-order valence-electron chi connectivity index (χ2n) is 7.42. The monoisotopic (exact) mass is 401 g/mol. The van der Waals surface area contributed by atoms with E-state index in [-0.39, 0.29) is 24.8 Å². The molecule has 29 heavy (non-hydrogen) atoms. The summed E-state index contributed by atoms with van der Waals surface area (Å²) in [6.45, 7) is 3.42. The Morgan fingerprint density at radius 2 is 2.14 bits per heavy atom. The molecule has 9 heteroatoms. The van der Waals surface area contributed by atoms with Crippen LogP contribution in [-0.4, -0.2) is 53.8 Å². The third-order valence-electron chi connectivity index (χ3n) is 5.45. The highest BCUT2D eigenvalue weighted by atomic mass is 19.1. The number of aromatic nitrogens is 2. The third-order valence-corrected chi connectivity index (χ3v) is 5.45. The van der Waals surface area contributed by atoms with Crippen LogP contribution < -0.4 is 15.1 Å². The van der Waals surface area contributed by atoms with Gasteiger partial charge in [-0.2, -0.15) is 0 Å². The highest BCUT2D eigenvalue weighted by Crippen LogP contribution is 2.31. The van der Waals surface area contributed by atoms with Crippen molar-refractivity contribution in [3.63, 3.8) is 0 Å². The SMILES string of the molecule is CC(=O)NC[C@H]1CN(c2ccc(N3CCC(n4ccnc4)CC3)c(F)c2)C(=O)O1. The first kappa shape index (κ1) is 19.2. The van der Waals surface area contributed by atoms with E-state index in [0.717, 1.165) is 25.9 Å². The number of nitrogens with one attached hydrogen (secondary N) is 1. The van der Waals surface area contributed by atoms with E-state index in [1.165, 1.54) is 17.9 Å². The van der Waals surface area contributed by atoms with Crippen LogP contribution in [0.15, 0.2) is 36.9 Å². The Balaban J connectivity index is 1.39. The molecule has 154 valence electrons. The summed E-state index contributed by atoms with van der Waals surface area (Å²) in [5.74, 6) is -0.548. The van der Waals surface area contributed by atoms with Crippen molar-refractivity contribution in [2.45, 2.75) is 31.9 Å². The van der Waals surface area contributed by atoms with E-state index < -0.39 is 12.2 Å². The highest BCUT2D eigenvalue weighted by molar-refractivity contribution is 5.90. The van der Waals surface area contributed by atoms with Gasteiger partial charge in [-0.15, -0.1) is 0 Å². The summed E-state index contributed by atoms with van der Waals surface area (Å²) in [4.78, 5) is 30.7. The summed E-state index contributed by atoms with van der Waals surface area (Å²) in [7, 11) is 0. The van der Waals surface area contributed by atoms with Gasteiger partial charge in [-0.3, -0.25) is 9.69 Å². The molecule has 0 radical (unpaired) electrons. The molecule has 1 atom stereocenters. The predicted octanol–water partition coefficient (Wildman–Crippen LogP) is 2.32. The number of amides is 2. The number of benzene rings is 1. The molecule has 4 rings (SSSR count). The van der Waals surface area contributed by atoms with Gasteiger partial charge in [0.05, 0.1) is 30.8 Å². The van der Waals surface area contributed by atoms with E-state index in [1.807, 2.05) is 17.4 Å². The number of carbonyl (C=O) groups excluding carboxylic acids is 2. The maximum Gasteiger partial charge on any atom is 0.414 e. The number of imidazole rings is 1. The maximum atomic E-state index is 14.8. The lowest BCUT2D eigenvalue weighted by molar-refractivity contribution is -0.119. The van der Waals surface area contributed by atoms with Gasteiger partial charge in [-0.1, -0.05) is 0 Å². The van der Waals surface area contributed by atoms with Gasteiger partial charge in [0.25, 0.3) is 0 Å². The molecule has 0 bridgehead atoms. The lowest BCUT2D eigenvalue weighted by Crippen LogP contribution is -2.35. The first-order chi connectivity index (χ1) is 14.0. The van der Waals surface area contributed by atoms with Crippen LogP contribution in [0.25, 0.3) is 0 Å². The van der Waals surface area contributed by atoms with Crippen molar-refractivity contribution in [1.29, 1.82) is 0 Å². The second kappa shape index (κ2) is 8.10. The van der Waals surface area contributed by atoms with Crippen LogP contribution in [-0.2, 0) is 9.53 Å². The molecule has 2 aliphatic rings. The topological polar surface area (TPSA) is 79.7 Å². The Morgan fingerprint density at radius 3 is 2.79 bits per heavy atom. The standard InChI is InChI=1S/C20H24FN5O3/c1-14(27)23-11-17-12-26(20(28)29-17)16-2-3-19(18(21)10-16)24-7-4-15(5-8-24)25-9-6-22-13-25/h2-3,6,9-10,13,15,17H,4-5,7-8,11-12H2,1H3,(H,23,27)/t17-/m0/s1. The number of hydrogen-bond donors (Lipinski definition) is 1. The van der Waals surface area contributed by atoms with Crippen LogP contribution in [0.4, 0.5) is 20.6 Å². The van der Waals surface area contributed by atoms with Crippen LogP contribution in [0.3, 0.4) is 0 Å². The molecular weight excluding hydrogens is 377 g/mol. The van der Waals surface area contributed by atoms with Gasteiger partial charge in [0, 0.05) is 38.4 Å². The van der Waals surface area contributed by atoms with E-state index in [4.69, 9.17) is 4.74 Å². The molecule has 0 spiro atoms. The molecule has 0 aliphatic carbocycles. The summed E-state index contributed by atoms with van der Waals surface area (Å²) in [6.07, 6.45) is 6.41. The zero-order valence-electron chi connectivity index (χ0n) is 16.3. The van der Waals surface area contributed by atoms with Crippen LogP contribution in [0.5, 0.6) is 0 Å². The number of nitrogens with zero attached hydrogens (tertiary/aromatic N) is 4. The van der Waals surface area contributed by atoms with Crippen LogP contribution in [0, 0.1) is 5.82 Å². The largest absolute Gasteiger partial charge is 0.442 e. The molecule has 1 N–H and O–H groups in total.